The van der Waals surface area contributed by atoms with Crippen LogP contribution in [0.4, 0.5) is 5.69 Å². The number of halogens is 1. The van der Waals surface area contributed by atoms with Gasteiger partial charge in [0.05, 0.1) is 9.40 Å². The van der Waals surface area contributed by atoms with Crippen LogP contribution < -0.4 is 4.74 Å². The molecule has 0 aliphatic carbocycles. The van der Waals surface area contributed by atoms with Gasteiger partial charge in [-0.15, -0.1) is 0 Å². The molecule has 0 fully saturated rings. The average molecular weight is 333 g/mol. The van der Waals surface area contributed by atoms with Crippen LogP contribution in [0.5, 0.6) is 11.5 Å². The van der Waals surface area contributed by atoms with E-state index in [1.54, 1.807) is 12.1 Å². The summed E-state index contributed by atoms with van der Waals surface area (Å²) in [5, 5.41) is 11.6. The molecule has 20 heavy (non-hydrogen) atoms. The summed E-state index contributed by atoms with van der Waals surface area (Å²) in [6.07, 6.45) is 1.85. The van der Waals surface area contributed by atoms with E-state index in [2.05, 4.69) is 20.9 Å². The molecule has 1 aromatic heterocycles. The molecule has 0 aliphatic rings. The predicted octanol–water partition coefficient (Wildman–Crippen LogP) is 4.63. The predicted molar refractivity (Wildman–Crippen MR) is 79.2 cm³/mol. The normalized spacial score (nSPS) is 10.7. The number of hydrogen-bond acceptors (Lipinski definition) is 3. The summed E-state index contributed by atoms with van der Waals surface area (Å²) in [6.45, 7) is 0. The molecule has 100 valence electrons. The van der Waals surface area contributed by atoms with Crippen molar-refractivity contribution in [1.29, 1.82) is 0 Å². The number of non-ortho nitro benzene ring substituents is 1. The highest BCUT2D eigenvalue weighted by Gasteiger charge is 2.08. The molecule has 1 N–H and O–H groups in total. The Bertz CT molecular complexity index is 781. The smallest absolute Gasteiger partial charge is 0.269 e. The molecule has 0 radical (unpaired) electrons. The summed E-state index contributed by atoms with van der Waals surface area (Å²) >= 11 is 3.44. The van der Waals surface area contributed by atoms with Gasteiger partial charge in [0.2, 0.25) is 0 Å². The molecule has 5 nitrogen and oxygen atoms in total. The fraction of sp³-hybridized carbons (Fsp3) is 0. The van der Waals surface area contributed by atoms with E-state index in [1.807, 2.05) is 24.4 Å². The van der Waals surface area contributed by atoms with Gasteiger partial charge in [0, 0.05) is 29.2 Å². The zero-order valence-corrected chi connectivity index (χ0v) is 11.8. The van der Waals surface area contributed by atoms with Crippen molar-refractivity contribution in [2.45, 2.75) is 0 Å². The minimum atomic E-state index is -0.439. The van der Waals surface area contributed by atoms with E-state index in [0.29, 0.717) is 11.5 Å². The lowest BCUT2D eigenvalue weighted by atomic mass is 10.2. The molecule has 0 atom stereocenters. The Kier molecular flexibility index (Phi) is 3.15. The van der Waals surface area contributed by atoms with Gasteiger partial charge >= 0.3 is 0 Å². The number of H-pyrrole nitrogens is 1. The van der Waals surface area contributed by atoms with Gasteiger partial charge < -0.3 is 9.72 Å². The van der Waals surface area contributed by atoms with E-state index >= 15 is 0 Å². The van der Waals surface area contributed by atoms with Crippen LogP contribution in [0.1, 0.15) is 0 Å². The third kappa shape index (κ3) is 2.37. The molecule has 0 bridgehead atoms. The van der Waals surface area contributed by atoms with Crippen LogP contribution >= 0.6 is 15.9 Å². The standard InChI is InChI=1S/C14H9BrN2O3/c15-12-8-13-9(5-6-16-13)7-14(12)20-11-3-1-10(2-4-11)17(18)19/h1-8,16H. The first-order valence-corrected chi connectivity index (χ1v) is 6.62. The van der Waals surface area contributed by atoms with Crippen LogP contribution in [0.2, 0.25) is 0 Å². The Balaban J connectivity index is 1.91. The van der Waals surface area contributed by atoms with Crippen molar-refractivity contribution in [2.24, 2.45) is 0 Å². The monoisotopic (exact) mass is 332 g/mol. The molecular formula is C14H9BrN2O3. The lowest BCUT2D eigenvalue weighted by Gasteiger charge is -2.08. The van der Waals surface area contributed by atoms with E-state index < -0.39 is 4.92 Å². The molecule has 0 aliphatic heterocycles. The second kappa shape index (κ2) is 4.97. The fourth-order valence-corrected chi connectivity index (χ4v) is 2.32. The van der Waals surface area contributed by atoms with Crippen LogP contribution in [-0.2, 0) is 0 Å². The molecule has 0 amide bonds. The number of aromatic nitrogens is 1. The van der Waals surface area contributed by atoms with Gasteiger partial charge in [0.25, 0.3) is 5.69 Å². The quantitative estimate of drug-likeness (QED) is 0.561. The number of hydrogen-bond donors (Lipinski definition) is 1. The van der Waals surface area contributed by atoms with Gasteiger partial charge in [0.15, 0.2) is 0 Å². The minimum Gasteiger partial charge on any atom is -0.456 e. The Labute approximate surface area is 122 Å². The highest BCUT2D eigenvalue weighted by molar-refractivity contribution is 9.10. The number of rotatable bonds is 3. The van der Waals surface area contributed by atoms with Crippen molar-refractivity contribution < 1.29 is 9.66 Å². The molecule has 3 aromatic rings. The maximum Gasteiger partial charge on any atom is 0.269 e. The van der Waals surface area contributed by atoms with Crippen molar-refractivity contribution in [3.05, 3.63) is 63.2 Å². The van der Waals surface area contributed by atoms with Crippen LogP contribution in [0, 0.1) is 10.1 Å². The van der Waals surface area contributed by atoms with Crippen molar-refractivity contribution in [2.75, 3.05) is 0 Å². The van der Waals surface area contributed by atoms with E-state index in [-0.39, 0.29) is 5.69 Å². The highest BCUT2D eigenvalue weighted by Crippen LogP contribution is 2.33. The molecule has 0 saturated carbocycles. The number of nitro groups is 1. The molecule has 2 aromatic carbocycles. The lowest BCUT2D eigenvalue weighted by molar-refractivity contribution is -0.384. The molecule has 1 heterocycles. The second-order valence-corrected chi connectivity index (χ2v) is 5.05. The second-order valence-electron chi connectivity index (χ2n) is 4.20. The van der Waals surface area contributed by atoms with Crippen LogP contribution in [0.3, 0.4) is 0 Å². The number of ether oxygens (including phenoxy) is 1. The summed E-state index contributed by atoms with van der Waals surface area (Å²) < 4.78 is 6.55. The first-order chi connectivity index (χ1) is 9.63. The molecule has 0 unspecified atom stereocenters. The van der Waals surface area contributed by atoms with Crippen LogP contribution in [-0.4, -0.2) is 9.91 Å². The van der Waals surface area contributed by atoms with Gasteiger partial charge in [-0.3, -0.25) is 10.1 Å². The van der Waals surface area contributed by atoms with Gasteiger partial charge in [-0.25, -0.2) is 0 Å². The highest BCUT2D eigenvalue weighted by atomic mass is 79.9. The topological polar surface area (TPSA) is 68.2 Å². The number of nitrogens with one attached hydrogen (secondary N) is 1. The Morgan fingerprint density at radius 1 is 1.15 bits per heavy atom. The van der Waals surface area contributed by atoms with Gasteiger partial charge in [-0.1, -0.05) is 0 Å². The maximum atomic E-state index is 10.6. The van der Waals surface area contributed by atoms with Gasteiger partial charge in [0.1, 0.15) is 11.5 Å². The Morgan fingerprint density at radius 2 is 1.90 bits per heavy atom. The van der Waals surface area contributed by atoms with Crippen molar-refractivity contribution in [3.8, 4) is 11.5 Å². The van der Waals surface area contributed by atoms with Crippen molar-refractivity contribution in [1.82, 2.24) is 4.98 Å². The maximum absolute atomic E-state index is 10.6. The van der Waals surface area contributed by atoms with Crippen molar-refractivity contribution in [3.63, 3.8) is 0 Å². The van der Waals surface area contributed by atoms with Crippen LogP contribution in [0.15, 0.2) is 53.1 Å². The van der Waals surface area contributed by atoms with E-state index in [0.717, 1.165) is 15.4 Å². The fourth-order valence-electron chi connectivity index (χ4n) is 1.89. The van der Waals surface area contributed by atoms with Gasteiger partial charge in [-0.05, 0) is 46.3 Å². The average Bonchev–Trinajstić information content (AvgIpc) is 2.87. The molecule has 6 heteroatoms. The first kappa shape index (κ1) is 12.7. The number of nitrogens with zero attached hydrogens (tertiary/aromatic N) is 1. The number of nitro benzene ring substituents is 1. The van der Waals surface area contributed by atoms with Gasteiger partial charge in [-0.2, -0.15) is 0 Å². The minimum absolute atomic E-state index is 0.0394. The first-order valence-electron chi connectivity index (χ1n) is 5.82. The third-order valence-corrected chi connectivity index (χ3v) is 3.50. The molecule has 3 rings (SSSR count). The Morgan fingerprint density at radius 3 is 2.60 bits per heavy atom. The van der Waals surface area contributed by atoms with Crippen LogP contribution in [0.25, 0.3) is 10.9 Å². The Hall–Kier alpha value is -2.34. The third-order valence-electron chi connectivity index (χ3n) is 2.88. The largest absolute Gasteiger partial charge is 0.456 e. The lowest BCUT2D eigenvalue weighted by Crippen LogP contribution is -1.89. The summed E-state index contributed by atoms with van der Waals surface area (Å²) in [5.41, 5.74) is 1.05. The van der Waals surface area contributed by atoms with E-state index in [1.165, 1.54) is 12.1 Å². The summed E-state index contributed by atoms with van der Waals surface area (Å²) in [6, 6.07) is 11.8. The molecule has 0 saturated heterocycles. The summed E-state index contributed by atoms with van der Waals surface area (Å²) in [7, 11) is 0. The molecule has 0 spiro atoms. The SMILES string of the molecule is O=[N+]([O-])c1ccc(Oc2cc3cc[nH]c3cc2Br)cc1. The number of fused-ring (bicyclic) bond motifs is 1. The van der Waals surface area contributed by atoms with E-state index in [4.69, 9.17) is 4.74 Å². The number of aromatic amines is 1. The zero-order valence-electron chi connectivity index (χ0n) is 10.2. The zero-order chi connectivity index (χ0) is 14.1. The summed E-state index contributed by atoms with van der Waals surface area (Å²) in [5.74, 6) is 1.21. The summed E-state index contributed by atoms with van der Waals surface area (Å²) in [4.78, 5) is 13.3. The van der Waals surface area contributed by atoms with E-state index in [9.17, 15) is 10.1 Å². The molecular weight excluding hydrogens is 324 g/mol. The number of benzene rings is 2. The van der Waals surface area contributed by atoms with Crippen molar-refractivity contribution >= 4 is 32.5 Å².